The van der Waals surface area contributed by atoms with E-state index in [9.17, 15) is 39.6 Å². The first-order valence-corrected chi connectivity index (χ1v) is 12.7. The molecule has 4 atom stereocenters. The Morgan fingerprint density at radius 1 is 0.474 bits per heavy atom. The van der Waals surface area contributed by atoms with E-state index < -0.39 is 61.5 Å². The minimum atomic E-state index is -1.90. The number of hydrogen-bond acceptors (Lipinski definition) is 14. The number of carbonyl (C=O) groups excluding carboxylic acids is 4. The third-order valence-corrected chi connectivity index (χ3v) is 5.12. The normalized spacial score (nSPS) is 14.2. The van der Waals surface area contributed by atoms with Crippen molar-refractivity contribution in [2.24, 2.45) is 0 Å². The number of ether oxygens (including phenoxy) is 4. The first kappa shape index (κ1) is 35.6. The van der Waals surface area contributed by atoms with Crippen molar-refractivity contribution in [3.05, 3.63) is 0 Å². The Morgan fingerprint density at radius 2 is 0.763 bits per heavy atom. The Balaban J connectivity index is 4.04. The molecule has 0 heterocycles. The number of esters is 4. The highest BCUT2D eigenvalue weighted by Gasteiger charge is 2.32. The van der Waals surface area contributed by atoms with Gasteiger partial charge >= 0.3 is 23.9 Å². The Bertz CT molecular complexity index is 615. The number of rotatable bonds is 23. The third-order valence-electron chi connectivity index (χ3n) is 5.12. The summed E-state index contributed by atoms with van der Waals surface area (Å²) in [6.07, 6.45) is -5.14. The van der Waals surface area contributed by atoms with Gasteiger partial charge < -0.3 is 49.6 Å². The Labute approximate surface area is 221 Å². The zero-order valence-corrected chi connectivity index (χ0v) is 21.6. The molecule has 0 amide bonds. The zero-order valence-electron chi connectivity index (χ0n) is 21.6. The van der Waals surface area contributed by atoms with Crippen LogP contribution in [0.5, 0.6) is 0 Å². The van der Waals surface area contributed by atoms with Crippen LogP contribution in [0.4, 0.5) is 0 Å². The smallest absolute Gasteiger partial charge is 0.305 e. The molecular weight excluding hydrogens is 512 g/mol. The second-order valence-corrected chi connectivity index (χ2v) is 8.49. The standard InChI is InChI=1S/C24H42O14/c25-11-5-13-35-19(29)7-1-3-9-21(31)37-15-17(27)23(33)24(34)18(28)16-38-22(32)10-4-2-8-20(30)36-14-6-12-26/h17-18,23-28,33-34H,1-16H2/t17-,18+,23-,24-/m1/s1. The molecule has 0 aliphatic heterocycles. The lowest BCUT2D eigenvalue weighted by Crippen LogP contribution is -2.48. The van der Waals surface area contributed by atoms with Gasteiger partial charge in [-0.2, -0.15) is 0 Å². The predicted molar refractivity (Wildman–Crippen MR) is 128 cm³/mol. The number of aliphatic hydroxyl groups excluding tert-OH is 6. The Hall–Kier alpha value is -2.36. The molecule has 0 fully saturated rings. The zero-order chi connectivity index (χ0) is 28.8. The van der Waals surface area contributed by atoms with E-state index in [-0.39, 0.29) is 52.1 Å². The molecule has 0 aromatic rings. The number of unbranched alkanes of at least 4 members (excludes halogenated alkanes) is 2. The van der Waals surface area contributed by atoms with E-state index in [2.05, 4.69) is 0 Å². The van der Waals surface area contributed by atoms with Crippen LogP contribution in [0.15, 0.2) is 0 Å². The van der Waals surface area contributed by atoms with Crippen LogP contribution in [-0.2, 0) is 38.1 Å². The van der Waals surface area contributed by atoms with Crippen molar-refractivity contribution in [3.8, 4) is 0 Å². The van der Waals surface area contributed by atoms with Gasteiger partial charge in [-0.15, -0.1) is 0 Å². The molecule has 38 heavy (non-hydrogen) atoms. The molecule has 0 saturated carbocycles. The Morgan fingerprint density at radius 3 is 1.05 bits per heavy atom. The highest BCUT2D eigenvalue weighted by atomic mass is 16.6. The molecule has 14 heteroatoms. The summed E-state index contributed by atoms with van der Waals surface area (Å²) in [7, 11) is 0. The molecule has 0 bridgehead atoms. The summed E-state index contributed by atoms with van der Waals surface area (Å²) in [6.45, 7) is -1.25. The molecule has 222 valence electrons. The van der Waals surface area contributed by atoms with E-state index in [4.69, 9.17) is 29.2 Å². The summed E-state index contributed by atoms with van der Waals surface area (Å²) >= 11 is 0. The summed E-state index contributed by atoms with van der Waals surface area (Å²) < 4.78 is 19.3. The number of hydrogen-bond donors (Lipinski definition) is 6. The van der Waals surface area contributed by atoms with Gasteiger partial charge in [0.1, 0.15) is 37.6 Å². The lowest BCUT2D eigenvalue weighted by Gasteiger charge is -2.26. The molecule has 0 aliphatic rings. The molecule has 6 N–H and O–H groups in total. The van der Waals surface area contributed by atoms with Crippen molar-refractivity contribution in [3.63, 3.8) is 0 Å². The van der Waals surface area contributed by atoms with Gasteiger partial charge in [0, 0.05) is 51.7 Å². The summed E-state index contributed by atoms with van der Waals surface area (Å²) in [5.41, 5.74) is 0. The third kappa shape index (κ3) is 18.8. The molecule has 0 saturated heterocycles. The highest BCUT2D eigenvalue weighted by molar-refractivity contribution is 5.71. The fourth-order valence-electron chi connectivity index (χ4n) is 2.88. The van der Waals surface area contributed by atoms with Crippen molar-refractivity contribution in [2.45, 2.75) is 88.6 Å². The average Bonchev–Trinajstić information content (AvgIpc) is 2.90. The van der Waals surface area contributed by atoms with E-state index in [0.29, 0.717) is 38.5 Å². The summed E-state index contributed by atoms with van der Waals surface area (Å²) in [6, 6.07) is 0. The molecule has 0 unspecified atom stereocenters. The lowest BCUT2D eigenvalue weighted by molar-refractivity contribution is -0.162. The van der Waals surface area contributed by atoms with E-state index in [1.165, 1.54) is 0 Å². The first-order chi connectivity index (χ1) is 18.1. The van der Waals surface area contributed by atoms with Gasteiger partial charge in [-0.3, -0.25) is 19.2 Å². The topological polar surface area (TPSA) is 227 Å². The van der Waals surface area contributed by atoms with Gasteiger partial charge in [0.15, 0.2) is 0 Å². The van der Waals surface area contributed by atoms with Gasteiger partial charge in [-0.1, -0.05) is 0 Å². The molecular formula is C24H42O14. The molecule has 0 aromatic heterocycles. The number of aliphatic hydroxyl groups is 6. The molecule has 0 spiro atoms. The van der Waals surface area contributed by atoms with E-state index >= 15 is 0 Å². The van der Waals surface area contributed by atoms with Crippen LogP contribution in [0.25, 0.3) is 0 Å². The van der Waals surface area contributed by atoms with Crippen molar-refractivity contribution >= 4 is 23.9 Å². The van der Waals surface area contributed by atoms with Crippen LogP contribution in [0.3, 0.4) is 0 Å². The van der Waals surface area contributed by atoms with Crippen molar-refractivity contribution < 1.29 is 68.8 Å². The predicted octanol–water partition coefficient (Wildman–Crippen LogP) is -1.51. The minimum absolute atomic E-state index is 0.0568. The summed E-state index contributed by atoms with van der Waals surface area (Å²) in [4.78, 5) is 46.3. The van der Waals surface area contributed by atoms with Crippen LogP contribution in [0, 0.1) is 0 Å². The molecule has 14 nitrogen and oxygen atoms in total. The maximum atomic E-state index is 11.7. The van der Waals surface area contributed by atoms with E-state index in [1.807, 2.05) is 0 Å². The molecule has 0 aliphatic carbocycles. The molecule has 0 radical (unpaired) electrons. The second kappa shape index (κ2) is 22.6. The monoisotopic (exact) mass is 554 g/mol. The average molecular weight is 555 g/mol. The van der Waals surface area contributed by atoms with Crippen LogP contribution >= 0.6 is 0 Å². The highest BCUT2D eigenvalue weighted by Crippen LogP contribution is 2.10. The van der Waals surface area contributed by atoms with Crippen molar-refractivity contribution in [2.75, 3.05) is 39.6 Å². The van der Waals surface area contributed by atoms with Gasteiger partial charge in [0.2, 0.25) is 0 Å². The fourth-order valence-corrected chi connectivity index (χ4v) is 2.88. The van der Waals surface area contributed by atoms with Crippen LogP contribution < -0.4 is 0 Å². The minimum Gasteiger partial charge on any atom is -0.466 e. The first-order valence-electron chi connectivity index (χ1n) is 12.7. The van der Waals surface area contributed by atoms with Gasteiger partial charge in [0.25, 0.3) is 0 Å². The summed E-state index contributed by atoms with van der Waals surface area (Å²) in [5.74, 6) is -2.30. The lowest BCUT2D eigenvalue weighted by atomic mass is 10.0. The largest absolute Gasteiger partial charge is 0.466 e. The maximum Gasteiger partial charge on any atom is 0.305 e. The summed E-state index contributed by atoms with van der Waals surface area (Å²) in [5, 5.41) is 57.1. The maximum absolute atomic E-state index is 11.7. The number of carbonyl (C=O) groups is 4. The van der Waals surface area contributed by atoms with Crippen LogP contribution in [0.2, 0.25) is 0 Å². The van der Waals surface area contributed by atoms with Gasteiger partial charge in [-0.05, 0) is 25.7 Å². The second-order valence-electron chi connectivity index (χ2n) is 8.49. The Kier molecular flexibility index (Phi) is 21.2. The van der Waals surface area contributed by atoms with Gasteiger partial charge in [-0.25, -0.2) is 0 Å². The molecule has 0 rings (SSSR count). The van der Waals surface area contributed by atoms with Crippen molar-refractivity contribution in [1.82, 2.24) is 0 Å². The van der Waals surface area contributed by atoms with Crippen molar-refractivity contribution in [1.29, 1.82) is 0 Å². The molecule has 0 aromatic carbocycles. The SMILES string of the molecule is O=C(CCCCC(=O)OC[C@@H](O)[C@@H](O)[C@H](O)[C@@H](O)COC(=O)CCCCC(=O)OCCCO)OCCCO. The van der Waals surface area contributed by atoms with E-state index in [0.717, 1.165) is 0 Å². The fraction of sp³-hybridized carbons (Fsp3) is 0.833. The quantitative estimate of drug-likeness (QED) is 0.0479. The van der Waals surface area contributed by atoms with Crippen LogP contribution in [0.1, 0.15) is 64.2 Å². The van der Waals surface area contributed by atoms with Gasteiger partial charge in [0.05, 0.1) is 13.2 Å². The van der Waals surface area contributed by atoms with Crippen LogP contribution in [-0.4, -0.2) is 119 Å². The van der Waals surface area contributed by atoms with E-state index in [1.54, 1.807) is 0 Å².